The second-order valence-corrected chi connectivity index (χ2v) is 8.29. The molecule has 0 aromatic heterocycles. The van der Waals surface area contributed by atoms with Crippen LogP contribution in [0.1, 0.15) is 43.7 Å². The fourth-order valence-corrected chi connectivity index (χ4v) is 4.79. The molecular formula is C21H32N4. The molecule has 25 heavy (non-hydrogen) atoms. The van der Waals surface area contributed by atoms with Crippen molar-refractivity contribution in [2.75, 3.05) is 33.2 Å². The van der Waals surface area contributed by atoms with Crippen molar-refractivity contribution in [2.45, 2.75) is 51.6 Å². The van der Waals surface area contributed by atoms with Gasteiger partial charge in [0.25, 0.3) is 0 Å². The number of nitrogens with one attached hydrogen (secondary N) is 1. The third-order valence-corrected chi connectivity index (χ3v) is 6.70. The topological polar surface area (TPSA) is 30.9 Å². The number of nitrogens with zero attached hydrogens (tertiary/aromatic N) is 3. The highest BCUT2D eigenvalue weighted by molar-refractivity contribution is 5.80. The Morgan fingerprint density at radius 3 is 2.68 bits per heavy atom. The van der Waals surface area contributed by atoms with E-state index in [1.165, 1.54) is 56.3 Å². The zero-order valence-corrected chi connectivity index (χ0v) is 15.8. The number of fused-ring (bicyclic) bond motifs is 1. The van der Waals surface area contributed by atoms with E-state index in [2.05, 4.69) is 51.3 Å². The molecule has 4 nitrogen and oxygen atoms in total. The number of likely N-dealkylation sites (tertiary alicyclic amines) is 1. The van der Waals surface area contributed by atoms with E-state index in [9.17, 15) is 0 Å². The summed E-state index contributed by atoms with van der Waals surface area (Å²) >= 11 is 0. The van der Waals surface area contributed by atoms with Crippen LogP contribution in [-0.2, 0) is 13.0 Å². The van der Waals surface area contributed by atoms with Crippen LogP contribution in [0.5, 0.6) is 0 Å². The second kappa shape index (κ2) is 6.99. The van der Waals surface area contributed by atoms with Gasteiger partial charge in [0.1, 0.15) is 0 Å². The van der Waals surface area contributed by atoms with Gasteiger partial charge in [0.05, 0.1) is 0 Å². The molecular weight excluding hydrogens is 308 g/mol. The molecule has 0 bridgehead atoms. The third-order valence-electron chi connectivity index (χ3n) is 6.70. The van der Waals surface area contributed by atoms with Crippen LogP contribution < -0.4 is 5.32 Å². The van der Waals surface area contributed by atoms with Crippen LogP contribution in [0.15, 0.2) is 29.3 Å². The molecule has 1 saturated heterocycles. The minimum absolute atomic E-state index is 0.519. The van der Waals surface area contributed by atoms with Gasteiger partial charge < -0.3 is 10.2 Å². The van der Waals surface area contributed by atoms with Crippen molar-refractivity contribution < 1.29 is 0 Å². The molecule has 4 heteroatoms. The van der Waals surface area contributed by atoms with Crippen molar-refractivity contribution in [3.8, 4) is 0 Å². The first kappa shape index (κ1) is 16.9. The van der Waals surface area contributed by atoms with Crippen LogP contribution in [0.4, 0.5) is 0 Å². The Hall–Kier alpha value is -1.55. The summed E-state index contributed by atoms with van der Waals surface area (Å²) in [7, 11) is 1.93. The molecule has 1 aromatic rings. The molecule has 4 rings (SSSR count). The van der Waals surface area contributed by atoms with Crippen molar-refractivity contribution in [3.05, 3.63) is 35.4 Å². The monoisotopic (exact) mass is 340 g/mol. The quantitative estimate of drug-likeness (QED) is 0.678. The zero-order chi connectivity index (χ0) is 17.3. The molecule has 1 saturated carbocycles. The minimum Gasteiger partial charge on any atom is -0.355 e. The number of hydrogen-bond acceptors (Lipinski definition) is 2. The first-order valence-corrected chi connectivity index (χ1v) is 9.96. The van der Waals surface area contributed by atoms with E-state index in [0.717, 1.165) is 25.6 Å². The fourth-order valence-electron chi connectivity index (χ4n) is 4.79. The van der Waals surface area contributed by atoms with Crippen molar-refractivity contribution in [1.82, 2.24) is 15.1 Å². The summed E-state index contributed by atoms with van der Waals surface area (Å²) in [5.74, 6) is 1.10. The molecule has 136 valence electrons. The van der Waals surface area contributed by atoms with Gasteiger partial charge in [-0.05, 0) is 49.1 Å². The number of guanidine groups is 1. The van der Waals surface area contributed by atoms with Gasteiger partial charge in [-0.25, -0.2) is 0 Å². The molecule has 1 aromatic carbocycles. The van der Waals surface area contributed by atoms with Crippen LogP contribution in [-0.4, -0.2) is 55.0 Å². The highest BCUT2D eigenvalue weighted by Gasteiger charge is 2.43. The Balaban J connectivity index is 1.30. The van der Waals surface area contributed by atoms with Crippen LogP contribution in [0.25, 0.3) is 0 Å². The van der Waals surface area contributed by atoms with E-state index in [0.29, 0.717) is 11.5 Å². The Labute approximate surface area is 152 Å². The normalized spacial score (nSPS) is 24.1. The van der Waals surface area contributed by atoms with Gasteiger partial charge in [0.2, 0.25) is 0 Å². The summed E-state index contributed by atoms with van der Waals surface area (Å²) in [6, 6.07) is 9.40. The van der Waals surface area contributed by atoms with E-state index >= 15 is 0 Å². The maximum Gasteiger partial charge on any atom is 0.193 e. The molecule has 2 fully saturated rings. The molecule has 1 aliphatic carbocycles. The first-order valence-electron chi connectivity index (χ1n) is 9.96. The van der Waals surface area contributed by atoms with Gasteiger partial charge in [-0.2, -0.15) is 0 Å². The highest BCUT2D eigenvalue weighted by atomic mass is 15.3. The van der Waals surface area contributed by atoms with E-state index in [1.54, 1.807) is 0 Å². The van der Waals surface area contributed by atoms with Gasteiger partial charge in [-0.15, -0.1) is 0 Å². The van der Waals surface area contributed by atoms with E-state index in [4.69, 9.17) is 0 Å². The first-order chi connectivity index (χ1) is 12.2. The van der Waals surface area contributed by atoms with Crippen molar-refractivity contribution in [2.24, 2.45) is 10.4 Å². The highest BCUT2D eigenvalue weighted by Crippen LogP contribution is 2.47. The molecule has 1 atom stereocenters. The predicted molar refractivity (Wildman–Crippen MR) is 104 cm³/mol. The predicted octanol–water partition coefficient (Wildman–Crippen LogP) is 2.88. The van der Waals surface area contributed by atoms with Crippen molar-refractivity contribution in [3.63, 3.8) is 0 Å². The Kier molecular flexibility index (Phi) is 4.72. The average Bonchev–Trinajstić information content (AvgIpc) is 3.08. The second-order valence-electron chi connectivity index (χ2n) is 8.29. The molecule has 1 N–H and O–H groups in total. The van der Waals surface area contributed by atoms with E-state index < -0.39 is 0 Å². The maximum absolute atomic E-state index is 4.56. The largest absolute Gasteiger partial charge is 0.355 e. The van der Waals surface area contributed by atoms with Crippen LogP contribution in [0.3, 0.4) is 0 Å². The van der Waals surface area contributed by atoms with Gasteiger partial charge in [0.15, 0.2) is 5.96 Å². The van der Waals surface area contributed by atoms with Crippen LogP contribution in [0.2, 0.25) is 0 Å². The summed E-state index contributed by atoms with van der Waals surface area (Å²) in [5, 5.41) is 3.65. The molecule has 0 amide bonds. The lowest BCUT2D eigenvalue weighted by Gasteiger charge is -2.38. The van der Waals surface area contributed by atoms with Gasteiger partial charge in [-0.3, -0.25) is 9.89 Å². The molecule has 1 unspecified atom stereocenters. The zero-order valence-electron chi connectivity index (χ0n) is 15.8. The number of rotatable bonds is 3. The SMILES string of the molecule is CN=C(NCC(C)N1CCc2ccccc2C1)N1CCC2(CCC2)C1. The fraction of sp³-hybridized carbons (Fsp3) is 0.667. The molecule has 1 spiro atoms. The summed E-state index contributed by atoms with van der Waals surface area (Å²) in [6.07, 6.45) is 6.79. The Morgan fingerprint density at radius 2 is 2.00 bits per heavy atom. The van der Waals surface area contributed by atoms with E-state index in [1.807, 2.05) is 7.05 Å². The maximum atomic E-state index is 4.56. The van der Waals surface area contributed by atoms with Gasteiger partial charge in [0, 0.05) is 45.8 Å². The number of aliphatic imine (C=N–C) groups is 1. The lowest BCUT2D eigenvalue weighted by atomic mass is 9.68. The number of hydrogen-bond donors (Lipinski definition) is 1. The average molecular weight is 341 g/mol. The smallest absolute Gasteiger partial charge is 0.193 e. The molecule has 2 aliphatic heterocycles. The van der Waals surface area contributed by atoms with E-state index in [-0.39, 0.29) is 0 Å². The summed E-state index contributed by atoms with van der Waals surface area (Å²) in [6.45, 7) is 7.92. The molecule has 2 heterocycles. The number of benzene rings is 1. The Morgan fingerprint density at radius 1 is 1.20 bits per heavy atom. The lowest BCUT2D eigenvalue weighted by molar-refractivity contribution is 0.151. The molecule has 0 radical (unpaired) electrons. The Bertz CT molecular complexity index is 635. The minimum atomic E-state index is 0.519. The summed E-state index contributed by atoms with van der Waals surface area (Å²) in [5.41, 5.74) is 3.65. The van der Waals surface area contributed by atoms with Crippen molar-refractivity contribution in [1.29, 1.82) is 0 Å². The van der Waals surface area contributed by atoms with Crippen LogP contribution >= 0.6 is 0 Å². The van der Waals surface area contributed by atoms with Gasteiger partial charge >= 0.3 is 0 Å². The summed E-state index contributed by atoms with van der Waals surface area (Å²) < 4.78 is 0. The third kappa shape index (κ3) is 3.41. The lowest BCUT2D eigenvalue weighted by Crippen LogP contribution is -2.48. The molecule has 3 aliphatic rings. The summed E-state index contributed by atoms with van der Waals surface area (Å²) in [4.78, 5) is 9.64. The van der Waals surface area contributed by atoms with Crippen molar-refractivity contribution >= 4 is 5.96 Å². The van der Waals surface area contributed by atoms with Crippen LogP contribution in [0, 0.1) is 5.41 Å². The standard InChI is InChI=1S/C21H32N4/c1-17(24-12-8-18-6-3-4-7-19(18)15-24)14-23-20(22-2)25-13-11-21(16-25)9-5-10-21/h3-4,6-7,17H,5,8-16H2,1-2H3,(H,22,23). The van der Waals surface area contributed by atoms with Gasteiger partial charge in [-0.1, -0.05) is 30.7 Å².